The molecule has 0 radical (unpaired) electrons. The van der Waals surface area contributed by atoms with E-state index in [-0.39, 0.29) is 28.0 Å². The molecule has 0 spiro atoms. The van der Waals surface area contributed by atoms with E-state index in [1.165, 1.54) is 35.0 Å². The van der Waals surface area contributed by atoms with E-state index in [0.717, 1.165) is 5.56 Å². The molecule has 1 aliphatic rings. The molecule has 0 aliphatic carbocycles. The molecule has 0 bridgehead atoms. The lowest BCUT2D eigenvalue weighted by Crippen LogP contribution is -2.21. The normalized spacial score (nSPS) is 14.7. The molecular formula is C24H15Cl2F2N5O. The summed E-state index contributed by atoms with van der Waals surface area (Å²) in [4.78, 5) is 16.9. The smallest absolute Gasteiger partial charge is 0.261 e. The third-order valence-corrected chi connectivity index (χ3v) is 5.84. The fraction of sp³-hybridized carbons (Fsp3) is 0.0417. The Labute approximate surface area is 202 Å². The summed E-state index contributed by atoms with van der Waals surface area (Å²) in [5, 5.41) is 10.7. The maximum Gasteiger partial charge on any atom is 0.261 e. The van der Waals surface area contributed by atoms with Gasteiger partial charge in [-0.05, 0) is 48.0 Å². The molecule has 0 saturated heterocycles. The van der Waals surface area contributed by atoms with E-state index < -0.39 is 23.6 Å². The van der Waals surface area contributed by atoms with Crippen molar-refractivity contribution in [2.75, 3.05) is 10.6 Å². The number of carbonyl (C=O) groups excluding carboxylic acids is 1. The van der Waals surface area contributed by atoms with Gasteiger partial charge in [-0.15, -0.1) is 5.10 Å². The van der Waals surface area contributed by atoms with E-state index >= 15 is 0 Å². The van der Waals surface area contributed by atoms with Gasteiger partial charge in [-0.2, -0.15) is 4.98 Å². The van der Waals surface area contributed by atoms with Crippen LogP contribution in [-0.4, -0.2) is 20.7 Å². The van der Waals surface area contributed by atoms with Crippen LogP contribution >= 0.6 is 23.2 Å². The van der Waals surface area contributed by atoms with Crippen molar-refractivity contribution in [1.82, 2.24) is 14.8 Å². The number of benzene rings is 3. The molecule has 2 N–H and O–H groups in total. The number of carbonyl (C=O) groups is 1. The second-order valence-electron chi connectivity index (χ2n) is 7.43. The number of amides is 1. The molecule has 34 heavy (non-hydrogen) atoms. The first kappa shape index (κ1) is 22.1. The maximum absolute atomic E-state index is 14.9. The highest BCUT2D eigenvalue weighted by Crippen LogP contribution is 2.37. The molecule has 1 amide bonds. The molecule has 0 fully saturated rings. The molecule has 1 atom stereocenters. The van der Waals surface area contributed by atoms with Gasteiger partial charge in [0.05, 0.1) is 5.56 Å². The number of hydrogen-bond acceptors (Lipinski definition) is 4. The molecule has 170 valence electrons. The molecule has 1 unspecified atom stereocenters. The molecule has 1 aromatic heterocycles. The number of nitrogens with zero attached hydrogens (tertiary/aromatic N) is 3. The summed E-state index contributed by atoms with van der Waals surface area (Å²) < 4.78 is 30.3. The monoisotopic (exact) mass is 497 g/mol. The minimum absolute atomic E-state index is 0.0843. The summed E-state index contributed by atoms with van der Waals surface area (Å²) >= 11 is 12.4. The number of rotatable bonds is 4. The SMILES string of the molecule is O=C(Nc1nc2n(n1)C(c1c(F)cccc1Cl)C=C(c1ccc(Cl)cc1)N2)c1ccccc1F. The van der Waals surface area contributed by atoms with Crippen molar-refractivity contribution in [2.24, 2.45) is 0 Å². The van der Waals surface area contributed by atoms with Crippen LogP contribution in [0.3, 0.4) is 0 Å². The largest absolute Gasteiger partial charge is 0.324 e. The third kappa shape index (κ3) is 4.13. The summed E-state index contributed by atoms with van der Waals surface area (Å²) in [5.41, 5.74) is 1.42. The van der Waals surface area contributed by atoms with Gasteiger partial charge in [-0.25, -0.2) is 13.5 Å². The highest BCUT2D eigenvalue weighted by molar-refractivity contribution is 6.31. The molecule has 2 heterocycles. The molecule has 10 heteroatoms. The number of allylic oxidation sites excluding steroid dienone is 1. The number of halogens is 4. The van der Waals surface area contributed by atoms with Gasteiger partial charge in [0, 0.05) is 21.3 Å². The standard InChI is InChI=1S/C24H15Cl2F2N5O/c25-14-10-8-13(9-11-14)19-12-20(21-16(26)5-3-7-18(21)28)33-24(29-19)31-23(32-33)30-22(34)15-4-1-2-6-17(15)27/h1-12,20H,(H2,29,30,31,32,34). The molecule has 5 rings (SSSR count). The van der Waals surface area contributed by atoms with E-state index in [9.17, 15) is 13.6 Å². The van der Waals surface area contributed by atoms with Crippen molar-refractivity contribution in [3.05, 3.63) is 111 Å². The van der Waals surface area contributed by atoms with E-state index in [4.69, 9.17) is 23.2 Å². The van der Waals surface area contributed by atoms with Gasteiger partial charge in [0.1, 0.15) is 17.7 Å². The molecule has 0 saturated carbocycles. The average molecular weight is 498 g/mol. The Bertz CT molecular complexity index is 1420. The van der Waals surface area contributed by atoms with Crippen LogP contribution in [-0.2, 0) is 0 Å². The summed E-state index contributed by atoms with van der Waals surface area (Å²) in [7, 11) is 0. The van der Waals surface area contributed by atoms with E-state index in [1.807, 2.05) is 0 Å². The van der Waals surface area contributed by atoms with Crippen LogP contribution < -0.4 is 10.6 Å². The van der Waals surface area contributed by atoms with Crippen LogP contribution in [0, 0.1) is 11.6 Å². The first-order chi connectivity index (χ1) is 16.4. The topological polar surface area (TPSA) is 71.8 Å². The average Bonchev–Trinajstić information content (AvgIpc) is 3.22. The zero-order valence-electron chi connectivity index (χ0n) is 17.3. The highest BCUT2D eigenvalue weighted by atomic mass is 35.5. The zero-order chi connectivity index (χ0) is 23.8. The van der Waals surface area contributed by atoms with Gasteiger partial charge in [0.25, 0.3) is 11.9 Å². The summed E-state index contributed by atoms with van der Waals surface area (Å²) in [6.45, 7) is 0. The molecule has 3 aromatic carbocycles. The highest BCUT2D eigenvalue weighted by Gasteiger charge is 2.29. The molecule has 4 aromatic rings. The van der Waals surface area contributed by atoms with Gasteiger partial charge in [0.2, 0.25) is 5.95 Å². The van der Waals surface area contributed by atoms with Crippen LogP contribution in [0.25, 0.3) is 5.70 Å². The third-order valence-electron chi connectivity index (χ3n) is 5.26. The van der Waals surface area contributed by atoms with Crippen molar-refractivity contribution < 1.29 is 13.6 Å². The number of fused-ring (bicyclic) bond motifs is 1. The fourth-order valence-corrected chi connectivity index (χ4v) is 4.06. The van der Waals surface area contributed by atoms with Crippen LogP contribution in [0.4, 0.5) is 20.7 Å². The van der Waals surface area contributed by atoms with Gasteiger partial charge in [0.15, 0.2) is 0 Å². The first-order valence-electron chi connectivity index (χ1n) is 10.1. The second kappa shape index (κ2) is 8.89. The predicted molar refractivity (Wildman–Crippen MR) is 127 cm³/mol. The van der Waals surface area contributed by atoms with Crippen LogP contribution in [0.5, 0.6) is 0 Å². The Morgan fingerprint density at radius 2 is 1.71 bits per heavy atom. The van der Waals surface area contributed by atoms with Gasteiger partial charge in [-0.1, -0.05) is 53.5 Å². The Morgan fingerprint density at radius 3 is 2.44 bits per heavy atom. The Morgan fingerprint density at radius 1 is 0.971 bits per heavy atom. The summed E-state index contributed by atoms with van der Waals surface area (Å²) in [5.74, 6) is -1.76. The minimum atomic E-state index is -0.776. The van der Waals surface area contributed by atoms with Gasteiger partial charge >= 0.3 is 0 Å². The van der Waals surface area contributed by atoms with Crippen LogP contribution in [0.15, 0.2) is 72.8 Å². The minimum Gasteiger partial charge on any atom is -0.324 e. The van der Waals surface area contributed by atoms with Crippen molar-refractivity contribution >= 4 is 46.7 Å². The lowest BCUT2D eigenvalue weighted by molar-refractivity contribution is 0.102. The first-order valence-corrected chi connectivity index (χ1v) is 10.9. The Balaban J connectivity index is 1.56. The maximum atomic E-state index is 14.9. The predicted octanol–water partition coefficient (Wildman–Crippen LogP) is 6.17. The van der Waals surface area contributed by atoms with Crippen molar-refractivity contribution in [1.29, 1.82) is 0 Å². The Kier molecular flexibility index (Phi) is 5.77. The summed E-state index contributed by atoms with van der Waals surface area (Å²) in [6.07, 6.45) is 1.75. The second-order valence-corrected chi connectivity index (χ2v) is 8.27. The Hall–Kier alpha value is -3.75. The lowest BCUT2D eigenvalue weighted by atomic mass is 10.0. The van der Waals surface area contributed by atoms with Crippen molar-refractivity contribution in [3.63, 3.8) is 0 Å². The number of nitrogens with one attached hydrogen (secondary N) is 2. The number of anilines is 2. The quantitative estimate of drug-likeness (QED) is 0.353. The fourth-order valence-electron chi connectivity index (χ4n) is 3.66. The lowest BCUT2D eigenvalue weighted by Gasteiger charge is -2.25. The molecular weight excluding hydrogens is 483 g/mol. The van der Waals surface area contributed by atoms with Crippen LogP contribution in [0.1, 0.15) is 27.5 Å². The van der Waals surface area contributed by atoms with Crippen molar-refractivity contribution in [2.45, 2.75) is 6.04 Å². The molecule has 6 nitrogen and oxygen atoms in total. The van der Waals surface area contributed by atoms with E-state index in [0.29, 0.717) is 10.7 Å². The van der Waals surface area contributed by atoms with Gasteiger partial charge in [-0.3, -0.25) is 10.1 Å². The number of aromatic nitrogens is 3. The zero-order valence-corrected chi connectivity index (χ0v) is 18.8. The van der Waals surface area contributed by atoms with E-state index in [1.54, 1.807) is 42.5 Å². The summed E-state index contributed by atoms with van der Waals surface area (Å²) in [6, 6.07) is 16.2. The van der Waals surface area contributed by atoms with Gasteiger partial charge < -0.3 is 5.32 Å². The van der Waals surface area contributed by atoms with Crippen LogP contribution in [0.2, 0.25) is 10.0 Å². The van der Waals surface area contributed by atoms with Crippen molar-refractivity contribution in [3.8, 4) is 0 Å². The molecule has 1 aliphatic heterocycles. The number of hydrogen-bond donors (Lipinski definition) is 2. The van der Waals surface area contributed by atoms with E-state index in [2.05, 4.69) is 20.7 Å².